The maximum Gasteiger partial charge on any atom is 0.240 e. The van der Waals surface area contributed by atoms with Gasteiger partial charge in [0.2, 0.25) is 10.0 Å². The van der Waals surface area contributed by atoms with E-state index in [1.807, 2.05) is 17.7 Å². The highest BCUT2D eigenvalue weighted by Gasteiger charge is 2.24. The van der Waals surface area contributed by atoms with Crippen LogP contribution in [0.4, 0.5) is 0 Å². The molecule has 2 heterocycles. The monoisotopic (exact) mass is 563 g/mol. The van der Waals surface area contributed by atoms with Crippen LogP contribution < -0.4 is 15.4 Å². The molecule has 0 saturated heterocycles. The summed E-state index contributed by atoms with van der Waals surface area (Å²) < 4.78 is 34.1. The summed E-state index contributed by atoms with van der Waals surface area (Å²) in [5, 5.41) is 11.1. The van der Waals surface area contributed by atoms with E-state index < -0.39 is 10.0 Å². The van der Waals surface area contributed by atoms with Gasteiger partial charge in [0.15, 0.2) is 5.96 Å². The summed E-state index contributed by atoms with van der Waals surface area (Å²) in [5.41, 5.74) is 0.829. The first-order chi connectivity index (χ1) is 14.4. The number of rotatable bonds is 8. The molecule has 1 aromatic heterocycles. The van der Waals surface area contributed by atoms with E-state index in [9.17, 15) is 8.42 Å². The smallest absolute Gasteiger partial charge is 0.240 e. The fraction of sp³-hybridized carbons (Fsp3) is 0.526. The van der Waals surface area contributed by atoms with Crippen LogP contribution in [0.5, 0.6) is 0 Å². The second kappa shape index (κ2) is 11.7. The molecule has 0 spiro atoms. The molecule has 1 aliphatic rings. The summed E-state index contributed by atoms with van der Waals surface area (Å²) in [6, 6.07) is 6.85. The van der Waals surface area contributed by atoms with E-state index in [2.05, 4.69) is 30.4 Å². The van der Waals surface area contributed by atoms with Gasteiger partial charge in [0.1, 0.15) is 11.6 Å². The molecule has 3 N–H and O–H groups in total. The third-order valence-corrected chi connectivity index (χ3v) is 6.24. The van der Waals surface area contributed by atoms with Crippen LogP contribution in [0, 0.1) is 6.92 Å². The lowest BCUT2D eigenvalue weighted by molar-refractivity contribution is 0.204. The Morgan fingerprint density at radius 1 is 1.39 bits per heavy atom. The SMILES string of the molecule is CN=C(NCc1cccc(S(=O)(=O)NCCOC)c1)NC1CCCn2nc(C)nc21.I. The standard InChI is InChI=1S/C19H29N7O3S.HI/c1-14-23-18-17(8-5-10-26(18)25-14)24-19(20-2)21-13-15-6-4-7-16(12-15)30(27,28)22-9-11-29-3;/h4,6-7,12,17,22H,5,8-11,13H2,1-3H3,(H2,20,21,24);1H. The number of benzene rings is 1. The maximum absolute atomic E-state index is 12.4. The zero-order valence-corrected chi connectivity index (χ0v) is 21.1. The van der Waals surface area contributed by atoms with Gasteiger partial charge < -0.3 is 15.4 Å². The van der Waals surface area contributed by atoms with Gasteiger partial charge in [-0.1, -0.05) is 12.1 Å². The first-order valence-electron chi connectivity index (χ1n) is 9.89. The van der Waals surface area contributed by atoms with Crippen LogP contribution in [0.3, 0.4) is 0 Å². The highest BCUT2D eigenvalue weighted by atomic mass is 127. The Morgan fingerprint density at radius 2 is 2.19 bits per heavy atom. The Labute approximate surface area is 200 Å². The van der Waals surface area contributed by atoms with E-state index in [4.69, 9.17) is 4.74 Å². The number of hydrogen-bond acceptors (Lipinski definition) is 6. The van der Waals surface area contributed by atoms with Gasteiger partial charge in [-0.15, -0.1) is 24.0 Å². The van der Waals surface area contributed by atoms with E-state index >= 15 is 0 Å². The van der Waals surface area contributed by atoms with E-state index in [1.54, 1.807) is 25.2 Å². The maximum atomic E-state index is 12.4. The van der Waals surface area contributed by atoms with Crippen LogP contribution in [0.2, 0.25) is 0 Å². The summed E-state index contributed by atoms with van der Waals surface area (Å²) in [6.45, 7) is 3.74. The first-order valence-corrected chi connectivity index (χ1v) is 11.4. The molecule has 3 rings (SSSR count). The zero-order chi connectivity index (χ0) is 21.6. The van der Waals surface area contributed by atoms with Gasteiger partial charge in [0, 0.05) is 33.8 Å². The Kier molecular flexibility index (Phi) is 9.65. The van der Waals surface area contributed by atoms with Crippen molar-refractivity contribution in [3.05, 3.63) is 41.5 Å². The number of ether oxygens (including phenoxy) is 1. The van der Waals surface area contributed by atoms with Gasteiger partial charge in [-0.25, -0.2) is 22.8 Å². The molecule has 1 atom stereocenters. The molecule has 0 saturated carbocycles. The molecule has 2 aromatic rings. The molecule has 31 heavy (non-hydrogen) atoms. The van der Waals surface area contributed by atoms with E-state index in [-0.39, 0.29) is 41.5 Å². The lowest BCUT2D eigenvalue weighted by Gasteiger charge is -2.25. The number of fused-ring (bicyclic) bond motifs is 1. The topological polar surface area (TPSA) is 123 Å². The third-order valence-electron chi connectivity index (χ3n) is 4.78. The minimum atomic E-state index is -3.57. The van der Waals surface area contributed by atoms with E-state index in [1.165, 1.54) is 7.11 Å². The first kappa shape index (κ1) is 25.5. The average Bonchev–Trinajstić information content (AvgIpc) is 3.12. The van der Waals surface area contributed by atoms with Crippen molar-refractivity contribution in [1.29, 1.82) is 0 Å². The molecular formula is C19H30IN7O3S. The molecule has 12 heteroatoms. The van der Waals surface area contributed by atoms with Gasteiger partial charge in [-0.2, -0.15) is 5.10 Å². The van der Waals surface area contributed by atoms with Crippen LogP contribution in [0.1, 0.15) is 36.1 Å². The Hall–Kier alpha value is -1.77. The number of aromatic nitrogens is 3. The predicted molar refractivity (Wildman–Crippen MR) is 129 cm³/mol. The largest absolute Gasteiger partial charge is 0.383 e. The second-order valence-electron chi connectivity index (χ2n) is 7.04. The number of guanidine groups is 1. The summed E-state index contributed by atoms with van der Waals surface area (Å²) in [5.74, 6) is 2.30. The van der Waals surface area contributed by atoms with Crippen molar-refractivity contribution < 1.29 is 13.2 Å². The minimum absolute atomic E-state index is 0. The summed E-state index contributed by atoms with van der Waals surface area (Å²) in [6.07, 6.45) is 1.96. The molecule has 0 bridgehead atoms. The number of methoxy groups -OCH3 is 1. The Bertz CT molecular complexity index is 994. The number of hydrogen-bond donors (Lipinski definition) is 3. The summed E-state index contributed by atoms with van der Waals surface area (Å²) >= 11 is 0. The van der Waals surface area contributed by atoms with Crippen molar-refractivity contribution >= 4 is 40.0 Å². The fourth-order valence-corrected chi connectivity index (χ4v) is 4.42. The number of aryl methyl sites for hydroxylation is 2. The Balaban J connectivity index is 0.00000341. The van der Waals surface area contributed by atoms with Crippen LogP contribution >= 0.6 is 24.0 Å². The van der Waals surface area contributed by atoms with Crippen molar-refractivity contribution in [2.24, 2.45) is 4.99 Å². The number of aliphatic imine (C=N–C) groups is 1. The van der Waals surface area contributed by atoms with Gasteiger partial charge in [0.25, 0.3) is 0 Å². The van der Waals surface area contributed by atoms with Gasteiger partial charge in [-0.3, -0.25) is 4.99 Å². The number of sulfonamides is 1. The third kappa shape index (κ3) is 6.85. The lowest BCUT2D eigenvalue weighted by Crippen LogP contribution is -2.41. The fourth-order valence-electron chi connectivity index (χ4n) is 3.33. The summed E-state index contributed by atoms with van der Waals surface area (Å²) in [4.78, 5) is 9.04. The number of halogens is 1. The van der Waals surface area contributed by atoms with Crippen LogP contribution in [-0.4, -0.2) is 56.5 Å². The molecule has 1 aromatic carbocycles. The summed E-state index contributed by atoms with van der Waals surface area (Å²) in [7, 11) is -0.344. The highest BCUT2D eigenvalue weighted by Crippen LogP contribution is 2.22. The molecule has 1 aliphatic heterocycles. The molecule has 0 aliphatic carbocycles. The van der Waals surface area contributed by atoms with E-state index in [0.29, 0.717) is 19.1 Å². The molecule has 1 unspecified atom stereocenters. The molecule has 172 valence electrons. The van der Waals surface area contributed by atoms with Gasteiger partial charge >= 0.3 is 0 Å². The number of nitrogens with one attached hydrogen (secondary N) is 3. The van der Waals surface area contributed by atoms with Crippen LogP contribution in [0.15, 0.2) is 34.2 Å². The molecule has 10 nitrogen and oxygen atoms in total. The Morgan fingerprint density at radius 3 is 2.94 bits per heavy atom. The van der Waals surface area contributed by atoms with Crippen LogP contribution in [0.25, 0.3) is 0 Å². The normalized spacial score (nSPS) is 16.4. The highest BCUT2D eigenvalue weighted by molar-refractivity contribution is 14.0. The number of nitrogens with zero attached hydrogens (tertiary/aromatic N) is 4. The van der Waals surface area contributed by atoms with Gasteiger partial charge in [0.05, 0.1) is 17.5 Å². The molecule has 0 radical (unpaired) electrons. The van der Waals surface area contributed by atoms with Crippen molar-refractivity contribution in [2.75, 3.05) is 27.3 Å². The average molecular weight is 563 g/mol. The van der Waals surface area contributed by atoms with Gasteiger partial charge in [-0.05, 0) is 37.5 Å². The second-order valence-corrected chi connectivity index (χ2v) is 8.81. The quantitative estimate of drug-likeness (QED) is 0.192. The molecule has 0 amide bonds. The zero-order valence-electron chi connectivity index (χ0n) is 18.0. The van der Waals surface area contributed by atoms with Crippen molar-refractivity contribution in [3.8, 4) is 0 Å². The van der Waals surface area contributed by atoms with Crippen molar-refractivity contribution in [1.82, 2.24) is 30.1 Å². The lowest BCUT2D eigenvalue weighted by atomic mass is 10.1. The van der Waals surface area contributed by atoms with Crippen molar-refractivity contribution in [3.63, 3.8) is 0 Å². The molecular weight excluding hydrogens is 533 g/mol. The predicted octanol–water partition coefficient (Wildman–Crippen LogP) is 1.33. The molecule has 0 fully saturated rings. The van der Waals surface area contributed by atoms with E-state index in [0.717, 1.165) is 36.6 Å². The minimum Gasteiger partial charge on any atom is -0.383 e. The van der Waals surface area contributed by atoms with Crippen LogP contribution in [-0.2, 0) is 27.8 Å². The van der Waals surface area contributed by atoms with Crippen molar-refractivity contribution in [2.45, 2.75) is 43.8 Å².